The van der Waals surface area contributed by atoms with Crippen LogP contribution in [0.5, 0.6) is 5.75 Å². The second-order valence-electron chi connectivity index (χ2n) is 7.05. The summed E-state index contributed by atoms with van der Waals surface area (Å²) in [5.74, 6) is 8.13. The van der Waals surface area contributed by atoms with Gasteiger partial charge in [-0.05, 0) is 37.5 Å². The summed E-state index contributed by atoms with van der Waals surface area (Å²) < 4.78 is 6.66. The number of hydrogen-bond donors (Lipinski definition) is 1. The Morgan fingerprint density at radius 1 is 1.25 bits per heavy atom. The van der Waals surface area contributed by atoms with Gasteiger partial charge in [0.05, 0.1) is 12.9 Å². The summed E-state index contributed by atoms with van der Waals surface area (Å²) in [5.41, 5.74) is 1.07. The van der Waals surface area contributed by atoms with Crippen LogP contribution in [0.3, 0.4) is 0 Å². The number of ether oxygens (including phenoxy) is 1. The highest BCUT2D eigenvalue weighted by atomic mass is 32.2. The van der Waals surface area contributed by atoms with Gasteiger partial charge >= 0.3 is 0 Å². The van der Waals surface area contributed by atoms with Crippen molar-refractivity contribution >= 4 is 17.7 Å². The number of aromatic nitrogens is 3. The van der Waals surface area contributed by atoms with Crippen molar-refractivity contribution in [1.82, 2.24) is 19.8 Å². The van der Waals surface area contributed by atoms with Crippen LogP contribution in [0, 0.1) is 0 Å². The molecule has 0 unspecified atom stereocenters. The van der Waals surface area contributed by atoms with Gasteiger partial charge in [0.15, 0.2) is 5.82 Å². The van der Waals surface area contributed by atoms with E-state index in [1.807, 2.05) is 29.2 Å². The number of amides is 1. The summed E-state index contributed by atoms with van der Waals surface area (Å²) in [5, 5.41) is 8.93. The molecule has 1 amide bonds. The van der Waals surface area contributed by atoms with Crippen molar-refractivity contribution in [2.24, 2.45) is 0 Å². The number of thioether (sulfide) groups is 1. The average molecular weight is 404 g/mol. The maximum Gasteiger partial charge on any atom is 0.233 e. The zero-order valence-electron chi connectivity index (χ0n) is 16.6. The van der Waals surface area contributed by atoms with E-state index in [-0.39, 0.29) is 5.91 Å². The Morgan fingerprint density at radius 2 is 1.96 bits per heavy atom. The highest BCUT2D eigenvalue weighted by Gasteiger charge is 2.24. The summed E-state index contributed by atoms with van der Waals surface area (Å²) in [4.78, 5) is 14.7. The van der Waals surface area contributed by atoms with Crippen LogP contribution < -0.4 is 10.6 Å². The first kappa shape index (κ1) is 20.5. The first-order valence-electron chi connectivity index (χ1n) is 9.87. The van der Waals surface area contributed by atoms with Crippen molar-refractivity contribution in [2.75, 3.05) is 25.3 Å². The largest absolute Gasteiger partial charge is 0.497 e. The number of nitrogens with two attached hydrogens (primary N) is 1. The molecule has 1 aliphatic rings. The second kappa shape index (κ2) is 9.82. The first-order valence-corrected chi connectivity index (χ1v) is 10.9. The first-order chi connectivity index (χ1) is 13.6. The molecule has 2 aromatic rings. The molecule has 1 heterocycles. The minimum Gasteiger partial charge on any atom is -0.497 e. The maximum atomic E-state index is 12.7. The molecule has 28 heavy (non-hydrogen) atoms. The predicted octanol–water partition coefficient (Wildman–Crippen LogP) is 2.86. The van der Waals surface area contributed by atoms with Gasteiger partial charge in [0.1, 0.15) is 5.75 Å². The van der Waals surface area contributed by atoms with Crippen molar-refractivity contribution in [3.05, 3.63) is 35.7 Å². The molecule has 1 aromatic carbocycles. The van der Waals surface area contributed by atoms with E-state index in [0.717, 1.165) is 30.7 Å². The Bertz CT molecular complexity index is 771. The topological polar surface area (TPSA) is 86.3 Å². The van der Waals surface area contributed by atoms with Crippen LogP contribution in [-0.4, -0.2) is 51.1 Å². The van der Waals surface area contributed by atoms with Crippen molar-refractivity contribution in [3.63, 3.8) is 0 Å². The smallest absolute Gasteiger partial charge is 0.233 e. The minimum atomic E-state index is 0.152. The van der Waals surface area contributed by atoms with Gasteiger partial charge < -0.3 is 15.5 Å². The molecule has 1 aliphatic carbocycles. The van der Waals surface area contributed by atoms with Crippen LogP contribution in [-0.2, 0) is 11.2 Å². The average Bonchev–Trinajstić information content (AvgIpc) is 3.08. The third kappa shape index (κ3) is 4.98. The van der Waals surface area contributed by atoms with Crippen LogP contribution in [0.1, 0.15) is 50.4 Å². The third-order valence-corrected chi connectivity index (χ3v) is 6.19. The molecule has 3 rings (SSSR count). The van der Waals surface area contributed by atoms with Crippen molar-refractivity contribution in [1.29, 1.82) is 0 Å². The lowest BCUT2D eigenvalue weighted by Crippen LogP contribution is -2.42. The monoisotopic (exact) mass is 403 g/mol. The SMILES string of the molecule is CCN(C(=O)CSc1nnc(Cc2ccc(OC)cc2)n1N)C1CCCCC1. The minimum absolute atomic E-state index is 0.152. The van der Waals surface area contributed by atoms with Gasteiger partial charge in [-0.15, -0.1) is 10.2 Å². The van der Waals surface area contributed by atoms with Crippen molar-refractivity contribution < 1.29 is 9.53 Å². The number of methoxy groups -OCH3 is 1. The summed E-state index contributed by atoms with van der Waals surface area (Å²) >= 11 is 1.35. The van der Waals surface area contributed by atoms with Gasteiger partial charge in [-0.3, -0.25) is 4.79 Å². The van der Waals surface area contributed by atoms with Gasteiger partial charge in [-0.25, -0.2) is 4.68 Å². The Balaban J connectivity index is 1.57. The lowest BCUT2D eigenvalue weighted by molar-refractivity contribution is -0.131. The number of benzene rings is 1. The number of hydrogen-bond acceptors (Lipinski definition) is 6. The molecule has 2 N–H and O–H groups in total. The molecule has 8 heteroatoms. The van der Waals surface area contributed by atoms with E-state index in [1.165, 1.54) is 35.7 Å². The molecular formula is C20H29N5O2S. The van der Waals surface area contributed by atoms with E-state index in [9.17, 15) is 4.79 Å². The Hall–Kier alpha value is -2.22. The van der Waals surface area contributed by atoms with Gasteiger partial charge in [-0.2, -0.15) is 0 Å². The molecule has 0 aliphatic heterocycles. The molecule has 0 atom stereocenters. The Kier molecular flexibility index (Phi) is 7.19. The number of rotatable bonds is 8. The van der Waals surface area contributed by atoms with Crippen LogP contribution in [0.15, 0.2) is 29.4 Å². The van der Waals surface area contributed by atoms with E-state index < -0.39 is 0 Å². The van der Waals surface area contributed by atoms with Crippen LogP contribution in [0.2, 0.25) is 0 Å². The molecule has 7 nitrogen and oxygen atoms in total. The van der Waals surface area contributed by atoms with Gasteiger partial charge in [0, 0.05) is 19.0 Å². The van der Waals surface area contributed by atoms with E-state index in [4.69, 9.17) is 10.6 Å². The molecule has 1 aromatic heterocycles. The van der Waals surface area contributed by atoms with Crippen molar-refractivity contribution in [2.45, 2.75) is 56.6 Å². The molecule has 0 bridgehead atoms. The zero-order valence-corrected chi connectivity index (χ0v) is 17.5. The van der Waals surface area contributed by atoms with E-state index >= 15 is 0 Å². The molecule has 0 spiro atoms. The summed E-state index contributed by atoms with van der Waals surface area (Å²) in [6.45, 7) is 2.80. The van der Waals surface area contributed by atoms with Crippen LogP contribution >= 0.6 is 11.8 Å². The fourth-order valence-corrected chi connectivity index (χ4v) is 4.45. The standard InChI is InChI=1S/C20H29N5O2S/c1-3-24(16-7-5-4-6-8-16)19(26)14-28-20-23-22-18(25(20)21)13-15-9-11-17(27-2)12-10-15/h9-12,16H,3-8,13-14,21H2,1-2H3. The molecule has 152 valence electrons. The highest BCUT2D eigenvalue weighted by molar-refractivity contribution is 7.99. The van der Waals surface area contributed by atoms with E-state index in [0.29, 0.717) is 29.2 Å². The molecule has 1 saturated carbocycles. The maximum absolute atomic E-state index is 12.7. The van der Waals surface area contributed by atoms with Gasteiger partial charge in [0.2, 0.25) is 11.1 Å². The molecule has 0 radical (unpaired) electrons. The van der Waals surface area contributed by atoms with Crippen molar-refractivity contribution in [3.8, 4) is 5.75 Å². The van der Waals surface area contributed by atoms with Crippen LogP contribution in [0.4, 0.5) is 0 Å². The lowest BCUT2D eigenvalue weighted by atomic mass is 9.94. The molecular weight excluding hydrogens is 374 g/mol. The quantitative estimate of drug-likeness (QED) is 0.539. The fraction of sp³-hybridized carbons (Fsp3) is 0.550. The molecule has 0 saturated heterocycles. The fourth-order valence-electron chi connectivity index (χ4n) is 3.69. The number of carbonyl (C=O) groups is 1. The number of carbonyl (C=O) groups excluding carboxylic acids is 1. The summed E-state index contributed by atoms with van der Waals surface area (Å²) in [6.07, 6.45) is 6.52. The highest BCUT2D eigenvalue weighted by Crippen LogP contribution is 2.24. The van der Waals surface area contributed by atoms with Crippen LogP contribution in [0.25, 0.3) is 0 Å². The zero-order chi connectivity index (χ0) is 19.9. The lowest BCUT2D eigenvalue weighted by Gasteiger charge is -2.33. The van der Waals surface area contributed by atoms with Gasteiger partial charge in [0.25, 0.3) is 0 Å². The van der Waals surface area contributed by atoms with E-state index in [1.54, 1.807) is 7.11 Å². The Labute approximate surface area is 170 Å². The predicted molar refractivity (Wildman–Crippen MR) is 111 cm³/mol. The summed E-state index contributed by atoms with van der Waals surface area (Å²) in [7, 11) is 1.64. The van der Waals surface area contributed by atoms with Gasteiger partial charge in [-0.1, -0.05) is 43.2 Å². The normalized spacial score (nSPS) is 14.8. The Morgan fingerprint density at radius 3 is 2.61 bits per heavy atom. The number of nitrogen functional groups attached to an aromatic ring is 1. The number of nitrogens with zero attached hydrogens (tertiary/aromatic N) is 4. The third-order valence-electron chi connectivity index (χ3n) is 5.26. The van der Waals surface area contributed by atoms with E-state index in [2.05, 4.69) is 17.1 Å². The second-order valence-corrected chi connectivity index (χ2v) is 8.00. The summed E-state index contributed by atoms with van der Waals surface area (Å²) in [6, 6.07) is 8.16. The molecule has 1 fully saturated rings.